The molecular formula is C21H20ClF3N4O2S. The number of rotatable bonds is 7. The number of aromatic nitrogens is 3. The van der Waals surface area contributed by atoms with Gasteiger partial charge in [0.25, 0.3) is 0 Å². The van der Waals surface area contributed by atoms with Gasteiger partial charge < -0.3 is 14.6 Å². The summed E-state index contributed by atoms with van der Waals surface area (Å²) in [7, 11) is 1.56. The van der Waals surface area contributed by atoms with Crippen LogP contribution < -0.4 is 10.1 Å². The normalized spacial score (nSPS) is 12.5. The molecule has 0 aliphatic rings. The van der Waals surface area contributed by atoms with Crippen LogP contribution in [0.2, 0.25) is 5.02 Å². The van der Waals surface area contributed by atoms with Crippen LogP contribution in [0.3, 0.4) is 0 Å². The van der Waals surface area contributed by atoms with E-state index in [0.717, 1.165) is 29.5 Å². The molecule has 1 heterocycles. The molecular weight excluding hydrogens is 465 g/mol. The number of carbonyl (C=O) groups is 1. The number of halogens is 4. The lowest BCUT2D eigenvalue weighted by molar-refractivity contribution is -0.137. The Kier molecular flexibility index (Phi) is 7.35. The molecule has 1 aromatic heterocycles. The van der Waals surface area contributed by atoms with E-state index in [1.165, 1.54) is 6.07 Å². The van der Waals surface area contributed by atoms with Gasteiger partial charge in [-0.25, -0.2) is 0 Å². The monoisotopic (exact) mass is 484 g/mol. The van der Waals surface area contributed by atoms with Crippen molar-refractivity contribution < 1.29 is 22.7 Å². The Labute approximate surface area is 192 Å². The largest absolute Gasteiger partial charge is 0.496 e. The molecule has 1 N–H and O–H groups in total. The first-order valence-electron chi connectivity index (χ1n) is 9.56. The first-order chi connectivity index (χ1) is 15.2. The molecule has 0 fully saturated rings. The van der Waals surface area contributed by atoms with Gasteiger partial charge in [0.1, 0.15) is 5.75 Å². The molecule has 32 heavy (non-hydrogen) atoms. The molecule has 3 aromatic rings. The van der Waals surface area contributed by atoms with Gasteiger partial charge in [-0.05, 0) is 44.2 Å². The number of hydrogen-bond donors (Lipinski definition) is 1. The molecule has 1 amide bonds. The zero-order valence-electron chi connectivity index (χ0n) is 17.4. The van der Waals surface area contributed by atoms with Crippen molar-refractivity contribution in [2.24, 2.45) is 0 Å². The van der Waals surface area contributed by atoms with E-state index in [4.69, 9.17) is 16.3 Å². The summed E-state index contributed by atoms with van der Waals surface area (Å²) in [6.07, 6.45) is -4.62. The SMILES string of the molecule is CCn1c(SC(C)C(=O)Nc2ccc(Cl)c(C(F)(F)F)c2)nnc1-c1ccccc1OC. The van der Waals surface area contributed by atoms with Gasteiger partial charge in [-0.1, -0.05) is 35.5 Å². The summed E-state index contributed by atoms with van der Waals surface area (Å²) in [5.74, 6) is 0.752. The van der Waals surface area contributed by atoms with Gasteiger partial charge in [0.15, 0.2) is 11.0 Å². The highest BCUT2D eigenvalue weighted by atomic mass is 35.5. The minimum atomic E-state index is -4.62. The number of alkyl halides is 3. The van der Waals surface area contributed by atoms with Crippen molar-refractivity contribution in [1.82, 2.24) is 14.8 Å². The number of benzene rings is 2. The number of para-hydroxylation sites is 1. The minimum Gasteiger partial charge on any atom is -0.496 e. The van der Waals surface area contributed by atoms with Crippen molar-refractivity contribution in [2.45, 2.75) is 37.0 Å². The number of hydrogen-bond acceptors (Lipinski definition) is 5. The summed E-state index contributed by atoms with van der Waals surface area (Å²) in [6.45, 7) is 4.10. The fourth-order valence-corrected chi connectivity index (χ4v) is 4.10. The van der Waals surface area contributed by atoms with Gasteiger partial charge >= 0.3 is 6.18 Å². The lowest BCUT2D eigenvalue weighted by Gasteiger charge is -2.15. The Hall–Kier alpha value is -2.72. The summed E-state index contributed by atoms with van der Waals surface area (Å²) >= 11 is 6.78. The summed E-state index contributed by atoms with van der Waals surface area (Å²) in [5.41, 5.74) is -0.246. The predicted octanol–water partition coefficient (Wildman–Crippen LogP) is 5.77. The Balaban J connectivity index is 1.78. The van der Waals surface area contributed by atoms with E-state index in [1.54, 1.807) is 14.0 Å². The molecule has 0 spiro atoms. The number of amides is 1. The van der Waals surface area contributed by atoms with Crippen LogP contribution in [0.5, 0.6) is 5.75 Å². The average molecular weight is 485 g/mol. The van der Waals surface area contributed by atoms with Crippen molar-refractivity contribution >= 4 is 35.0 Å². The summed E-state index contributed by atoms with van der Waals surface area (Å²) in [5, 5.41) is 10.4. The van der Waals surface area contributed by atoms with E-state index in [9.17, 15) is 18.0 Å². The Bertz CT molecular complexity index is 1120. The Morgan fingerprint density at radius 1 is 1.25 bits per heavy atom. The summed E-state index contributed by atoms with van der Waals surface area (Å²) in [4.78, 5) is 12.6. The van der Waals surface area contributed by atoms with E-state index in [2.05, 4.69) is 15.5 Å². The second kappa shape index (κ2) is 9.83. The fourth-order valence-electron chi connectivity index (χ4n) is 2.97. The van der Waals surface area contributed by atoms with Crippen molar-refractivity contribution in [2.75, 3.05) is 12.4 Å². The number of carbonyl (C=O) groups excluding carboxylic acids is 1. The maximum atomic E-state index is 13.1. The van der Waals surface area contributed by atoms with Gasteiger partial charge in [0, 0.05) is 12.2 Å². The highest BCUT2D eigenvalue weighted by Crippen LogP contribution is 2.36. The first kappa shape index (κ1) is 23.9. The molecule has 3 rings (SSSR count). The summed E-state index contributed by atoms with van der Waals surface area (Å²) < 4.78 is 46.4. The Morgan fingerprint density at radius 2 is 1.97 bits per heavy atom. The second-order valence-corrected chi connectivity index (χ2v) is 8.41. The zero-order valence-corrected chi connectivity index (χ0v) is 19.0. The molecule has 11 heteroatoms. The molecule has 0 bridgehead atoms. The van der Waals surface area contributed by atoms with E-state index in [1.807, 2.05) is 35.8 Å². The van der Waals surface area contributed by atoms with Crippen LogP contribution >= 0.6 is 23.4 Å². The van der Waals surface area contributed by atoms with Crippen molar-refractivity contribution in [1.29, 1.82) is 0 Å². The van der Waals surface area contributed by atoms with Gasteiger partial charge in [-0.3, -0.25) is 4.79 Å². The molecule has 1 atom stereocenters. The third kappa shape index (κ3) is 5.18. The molecule has 0 saturated carbocycles. The van der Waals surface area contributed by atoms with E-state index >= 15 is 0 Å². The van der Waals surface area contributed by atoms with Crippen LogP contribution in [0.1, 0.15) is 19.4 Å². The number of anilines is 1. The van der Waals surface area contributed by atoms with E-state index < -0.39 is 27.9 Å². The van der Waals surface area contributed by atoms with E-state index in [0.29, 0.717) is 23.3 Å². The number of nitrogens with zero attached hydrogens (tertiary/aromatic N) is 3. The molecule has 0 aliphatic carbocycles. The number of ether oxygens (including phenoxy) is 1. The van der Waals surface area contributed by atoms with Crippen LogP contribution in [-0.2, 0) is 17.5 Å². The second-order valence-electron chi connectivity index (χ2n) is 6.69. The highest BCUT2D eigenvalue weighted by molar-refractivity contribution is 8.00. The van der Waals surface area contributed by atoms with Crippen molar-refractivity contribution in [3.05, 3.63) is 53.1 Å². The molecule has 170 valence electrons. The predicted molar refractivity (Wildman–Crippen MR) is 118 cm³/mol. The number of nitrogens with one attached hydrogen (secondary N) is 1. The summed E-state index contributed by atoms with van der Waals surface area (Å²) in [6, 6.07) is 10.6. The van der Waals surface area contributed by atoms with Gasteiger partial charge in [0.2, 0.25) is 5.91 Å². The first-order valence-corrected chi connectivity index (χ1v) is 10.8. The molecule has 6 nitrogen and oxygen atoms in total. The molecule has 0 aliphatic heterocycles. The van der Waals surface area contributed by atoms with Gasteiger partial charge in [-0.15, -0.1) is 10.2 Å². The maximum absolute atomic E-state index is 13.1. The molecule has 2 aromatic carbocycles. The van der Waals surface area contributed by atoms with Crippen molar-refractivity contribution in [3.63, 3.8) is 0 Å². The van der Waals surface area contributed by atoms with Gasteiger partial charge in [-0.2, -0.15) is 13.2 Å². The Morgan fingerprint density at radius 3 is 2.62 bits per heavy atom. The smallest absolute Gasteiger partial charge is 0.417 e. The zero-order chi connectivity index (χ0) is 23.5. The fraction of sp³-hybridized carbons (Fsp3) is 0.286. The number of thioether (sulfide) groups is 1. The van der Waals surface area contributed by atoms with Gasteiger partial charge in [0.05, 0.1) is 28.5 Å². The van der Waals surface area contributed by atoms with E-state index in [-0.39, 0.29) is 5.69 Å². The molecule has 0 radical (unpaired) electrons. The lowest BCUT2D eigenvalue weighted by atomic mass is 10.2. The molecule has 0 saturated heterocycles. The minimum absolute atomic E-state index is 0.00541. The van der Waals surface area contributed by atoms with Crippen LogP contribution in [0.15, 0.2) is 47.6 Å². The van der Waals surface area contributed by atoms with Crippen LogP contribution in [0.25, 0.3) is 11.4 Å². The topological polar surface area (TPSA) is 69.0 Å². The standard InChI is InChI=1S/C21H20ClF3N4O2S/c1-4-29-18(14-7-5-6-8-17(14)31-3)27-28-20(29)32-12(2)19(30)26-13-9-10-16(22)15(11-13)21(23,24)25/h5-12H,4H2,1-3H3,(H,26,30). The van der Waals surface area contributed by atoms with Crippen LogP contribution in [0, 0.1) is 0 Å². The third-order valence-corrected chi connectivity index (χ3v) is 5.98. The highest BCUT2D eigenvalue weighted by Gasteiger charge is 2.33. The van der Waals surface area contributed by atoms with Crippen LogP contribution in [-0.4, -0.2) is 33.0 Å². The van der Waals surface area contributed by atoms with Crippen LogP contribution in [0.4, 0.5) is 18.9 Å². The molecule has 1 unspecified atom stereocenters. The quantitative estimate of drug-likeness (QED) is 0.431. The lowest BCUT2D eigenvalue weighted by Crippen LogP contribution is -2.23. The van der Waals surface area contributed by atoms with Crippen molar-refractivity contribution in [3.8, 4) is 17.1 Å². The average Bonchev–Trinajstić information content (AvgIpc) is 3.16. The third-order valence-electron chi connectivity index (χ3n) is 4.57. The number of methoxy groups -OCH3 is 1. The maximum Gasteiger partial charge on any atom is 0.417 e.